The summed E-state index contributed by atoms with van der Waals surface area (Å²) < 4.78 is 5.92. The standard InChI is InChI=1S/C15H19BrN2O4/c1-15(2,3)22-14(21)9-13(20)18-17-12(19)8-10-4-6-11(16)7-5-10/h4-7H,8-9H2,1-3H3,(H,17,19)(H,18,20). The molecule has 0 aliphatic heterocycles. The summed E-state index contributed by atoms with van der Waals surface area (Å²) in [4.78, 5) is 34.6. The molecule has 0 fully saturated rings. The van der Waals surface area contributed by atoms with Crippen LogP contribution in [0.4, 0.5) is 0 Å². The van der Waals surface area contributed by atoms with Gasteiger partial charge in [-0.05, 0) is 38.5 Å². The van der Waals surface area contributed by atoms with Gasteiger partial charge in [0.1, 0.15) is 12.0 Å². The lowest BCUT2D eigenvalue weighted by atomic mass is 10.1. The van der Waals surface area contributed by atoms with Crippen LogP contribution >= 0.6 is 15.9 Å². The lowest BCUT2D eigenvalue weighted by Gasteiger charge is -2.19. The number of hydrazine groups is 1. The largest absolute Gasteiger partial charge is 0.460 e. The topological polar surface area (TPSA) is 84.5 Å². The first-order valence-electron chi connectivity index (χ1n) is 6.70. The van der Waals surface area contributed by atoms with Crippen molar-refractivity contribution in [3.05, 3.63) is 34.3 Å². The normalized spacial score (nSPS) is 10.7. The minimum atomic E-state index is -0.651. The molecule has 2 amide bonds. The molecule has 1 aromatic carbocycles. The zero-order valence-electron chi connectivity index (χ0n) is 12.7. The van der Waals surface area contributed by atoms with Crippen LogP contribution in [0.25, 0.3) is 0 Å². The Morgan fingerprint density at radius 3 is 2.14 bits per heavy atom. The van der Waals surface area contributed by atoms with Crippen LogP contribution in [0.5, 0.6) is 0 Å². The van der Waals surface area contributed by atoms with Gasteiger partial charge in [0.25, 0.3) is 0 Å². The summed E-state index contributed by atoms with van der Waals surface area (Å²) in [6.45, 7) is 5.13. The van der Waals surface area contributed by atoms with Crippen LogP contribution in [0.2, 0.25) is 0 Å². The van der Waals surface area contributed by atoms with Gasteiger partial charge in [0.15, 0.2) is 0 Å². The fraction of sp³-hybridized carbons (Fsp3) is 0.400. The second-order valence-electron chi connectivity index (χ2n) is 5.66. The lowest BCUT2D eigenvalue weighted by Crippen LogP contribution is -2.43. The van der Waals surface area contributed by atoms with Crippen molar-refractivity contribution in [3.63, 3.8) is 0 Å². The molecule has 6 nitrogen and oxygen atoms in total. The Morgan fingerprint density at radius 2 is 1.59 bits per heavy atom. The molecule has 0 aliphatic carbocycles. The van der Waals surface area contributed by atoms with E-state index in [2.05, 4.69) is 26.8 Å². The lowest BCUT2D eigenvalue weighted by molar-refractivity contribution is -0.156. The van der Waals surface area contributed by atoms with Gasteiger partial charge in [0.2, 0.25) is 11.8 Å². The molecule has 1 rings (SSSR count). The number of carbonyl (C=O) groups is 3. The average Bonchev–Trinajstić information content (AvgIpc) is 2.37. The van der Waals surface area contributed by atoms with E-state index >= 15 is 0 Å². The summed E-state index contributed by atoms with van der Waals surface area (Å²) in [5.74, 6) is -1.65. The first-order chi connectivity index (χ1) is 10.2. The third-order valence-electron chi connectivity index (χ3n) is 2.34. The smallest absolute Gasteiger partial charge is 0.315 e. The fourth-order valence-corrected chi connectivity index (χ4v) is 1.79. The molecule has 0 aliphatic rings. The van der Waals surface area contributed by atoms with Crippen molar-refractivity contribution < 1.29 is 19.1 Å². The molecule has 0 spiro atoms. The highest BCUT2D eigenvalue weighted by atomic mass is 79.9. The molecule has 120 valence electrons. The number of carbonyl (C=O) groups excluding carboxylic acids is 3. The van der Waals surface area contributed by atoms with Crippen molar-refractivity contribution in [2.75, 3.05) is 0 Å². The number of halogens is 1. The zero-order chi connectivity index (χ0) is 16.8. The van der Waals surface area contributed by atoms with Gasteiger partial charge in [0.05, 0.1) is 6.42 Å². The number of hydrogen-bond donors (Lipinski definition) is 2. The first-order valence-corrected chi connectivity index (χ1v) is 7.49. The van der Waals surface area contributed by atoms with Gasteiger partial charge >= 0.3 is 5.97 Å². The monoisotopic (exact) mass is 370 g/mol. The van der Waals surface area contributed by atoms with E-state index < -0.39 is 23.9 Å². The molecule has 2 N–H and O–H groups in total. The van der Waals surface area contributed by atoms with Gasteiger partial charge < -0.3 is 4.74 Å². The van der Waals surface area contributed by atoms with E-state index in [1.165, 1.54) is 0 Å². The molecule has 0 radical (unpaired) electrons. The molecule has 0 saturated heterocycles. The van der Waals surface area contributed by atoms with Gasteiger partial charge in [0, 0.05) is 4.47 Å². The number of amides is 2. The van der Waals surface area contributed by atoms with Crippen LogP contribution in [0.15, 0.2) is 28.7 Å². The molecule has 0 saturated carbocycles. The van der Waals surface area contributed by atoms with E-state index in [-0.39, 0.29) is 12.3 Å². The summed E-state index contributed by atoms with van der Waals surface area (Å²) in [6, 6.07) is 7.24. The predicted molar refractivity (Wildman–Crippen MR) is 84.6 cm³/mol. The molecule has 0 aromatic heterocycles. The molecule has 0 unspecified atom stereocenters. The minimum absolute atomic E-state index is 0.125. The Labute approximate surface area is 137 Å². The first kappa shape index (κ1) is 18.2. The average molecular weight is 371 g/mol. The molecule has 22 heavy (non-hydrogen) atoms. The maximum absolute atomic E-state index is 11.7. The Hall–Kier alpha value is -1.89. The van der Waals surface area contributed by atoms with E-state index in [1.54, 1.807) is 32.9 Å². The van der Waals surface area contributed by atoms with Crippen molar-refractivity contribution in [2.24, 2.45) is 0 Å². The van der Waals surface area contributed by atoms with E-state index in [1.807, 2.05) is 12.1 Å². The van der Waals surface area contributed by atoms with Crippen LogP contribution in [-0.2, 0) is 25.5 Å². The number of esters is 1. The van der Waals surface area contributed by atoms with Crippen molar-refractivity contribution in [1.82, 2.24) is 10.9 Å². The van der Waals surface area contributed by atoms with E-state index in [4.69, 9.17) is 4.74 Å². The summed E-state index contributed by atoms with van der Waals surface area (Å²) in [7, 11) is 0. The second-order valence-corrected chi connectivity index (χ2v) is 6.58. The van der Waals surface area contributed by atoms with Crippen LogP contribution in [0, 0.1) is 0 Å². The number of ether oxygens (including phenoxy) is 1. The minimum Gasteiger partial charge on any atom is -0.460 e. The van der Waals surface area contributed by atoms with Gasteiger partial charge in [-0.3, -0.25) is 25.2 Å². The molecule has 0 heterocycles. The summed E-state index contributed by atoms with van der Waals surface area (Å²) in [6.07, 6.45) is -0.324. The van der Waals surface area contributed by atoms with Crippen molar-refractivity contribution in [2.45, 2.75) is 39.2 Å². The third kappa shape index (κ3) is 7.78. The number of nitrogens with one attached hydrogen (secondary N) is 2. The second kappa shape index (κ2) is 7.93. The molecular formula is C15H19BrN2O4. The van der Waals surface area contributed by atoms with Crippen molar-refractivity contribution in [3.8, 4) is 0 Å². The van der Waals surface area contributed by atoms with Crippen LogP contribution in [-0.4, -0.2) is 23.4 Å². The zero-order valence-corrected chi connectivity index (χ0v) is 14.3. The highest BCUT2D eigenvalue weighted by molar-refractivity contribution is 9.10. The molecule has 0 atom stereocenters. The summed E-state index contributed by atoms with van der Waals surface area (Å²) in [5, 5.41) is 0. The van der Waals surface area contributed by atoms with Crippen molar-refractivity contribution in [1.29, 1.82) is 0 Å². The number of rotatable bonds is 4. The molecular weight excluding hydrogens is 352 g/mol. The highest BCUT2D eigenvalue weighted by Gasteiger charge is 2.19. The Balaban J connectivity index is 2.33. The third-order valence-corrected chi connectivity index (χ3v) is 2.87. The molecule has 7 heteroatoms. The Morgan fingerprint density at radius 1 is 1.05 bits per heavy atom. The highest BCUT2D eigenvalue weighted by Crippen LogP contribution is 2.10. The number of benzene rings is 1. The summed E-state index contributed by atoms with van der Waals surface area (Å²) >= 11 is 3.30. The van der Waals surface area contributed by atoms with E-state index in [0.717, 1.165) is 10.0 Å². The Kier molecular flexibility index (Phi) is 6.55. The van der Waals surface area contributed by atoms with Crippen LogP contribution in [0.1, 0.15) is 32.8 Å². The quantitative estimate of drug-likeness (QED) is 0.481. The Bertz CT molecular complexity index is 550. The fourth-order valence-electron chi connectivity index (χ4n) is 1.52. The van der Waals surface area contributed by atoms with Gasteiger partial charge in [-0.1, -0.05) is 28.1 Å². The summed E-state index contributed by atoms with van der Waals surface area (Å²) in [5.41, 5.74) is 4.59. The van der Waals surface area contributed by atoms with Gasteiger partial charge in [-0.25, -0.2) is 0 Å². The van der Waals surface area contributed by atoms with Crippen molar-refractivity contribution >= 4 is 33.7 Å². The maximum Gasteiger partial charge on any atom is 0.315 e. The molecule has 1 aromatic rings. The van der Waals surface area contributed by atoms with Crippen LogP contribution in [0.3, 0.4) is 0 Å². The van der Waals surface area contributed by atoms with Crippen LogP contribution < -0.4 is 10.9 Å². The predicted octanol–water partition coefficient (Wildman–Crippen LogP) is 1.87. The van der Waals surface area contributed by atoms with Gasteiger partial charge in [-0.15, -0.1) is 0 Å². The van der Waals surface area contributed by atoms with E-state index in [9.17, 15) is 14.4 Å². The van der Waals surface area contributed by atoms with E-state index in [0.29, 0.717) is 0 Å². The SMILES string of the molecule is CC(C)(C)OC(=O)CC(=O)NNC(=O)Cc1ccc(Br)cc1. The van der Waals surface area contributed by atoms with Gasteiger partial charge in [-0.2, -0.15) is 0 Å². The number of hydrogen-bond acceptors (Lipinski definition) is 4. The maximum atomic E-state index is 11.7. The molecule has 0 bridgehead atoms.